The lowest BCUT2D eigenvalue weighted by atomic mass is 9.87. The molecule has 1 aliphatic heterocycles. The largest absolute Gasteiger partial charge is 0.375 e. The van der Waals surface area contributed by atoms with Gasteiger partial charge in [-0.3, -0.25) is 0 Å². The van der Waals surface area contributed by atoms with Gasteiger partial charge >= 0.3 is 0 Å². The van der Waals surface area contributed by atoms with Crippen LogP contribution < -0.4 is 5.32 Å². The fourth-order valence-corrected chi connectivity index (χ4v) is 2.66. The quantitative estimate of drug-likeness (QED) is 0.733. The van der Waals surface area contributed by atoms with E-state index in [1.54, 1.807) is 0 Å². The van der Waals surface area contributed by atoms with E-state index in [1.165, 1.54) is 38.5 Å². The summed E-state index contributed by atoms with van der Waals surface area (Å²) in [4.78, 5) is 0. The minimum Gasteiger partial charge on any atom is -0.375 e. The van der Waals surface area contributed by atoms with Gasteiger partial charge in [0, 0.05) is 0 Å². The van der Waals surface area contributed by atoms with Gasteiger partial charge in [-0.05, 0) is 44.7 Å². The van der Waals surface area contributed by atoms with Gasteiger partial charge in [0.15, 0.2) is 0 Å². The molecule has 1 aliphatic carbocycles. The van der Waals surface area contributed by atoms with Gasteiger partial charge in [-0.1, -0.05) is 19.8 Å². The lowest BCUT2D eigenvalue weighted by Gasteiger charge is -2.34. The van der Waals surface area contributed by atoms with Crippen LogP contribution in [-0.4, -0.2) is 25.3 Å². The Labute approximate surface area is 87.4 Å². The molecule has 2 heteroatoms. The van der Waals surface area contributed by atoms with Crippen LogP contribution in [0, 0.1) is 5.92 Å². The summed E-state index contributed by atoms with van der Waals surface area (Å²) in [6.45, 7) is 4.64. The molecule has 1 saturated heterocycles. The zero-order valence-corrected chi connectivity index (χ0v) is 9.30. The van der Waals surface area contributed by atoms with Gasteiger partial charge in [-0.15, -0.1) is 0 Å². The first-order chi connectivity index (χ1) is 6.86. The third-order valence-corrected chi connectivity index (χ3v) is 3.69. The molecule has 1 N–H and O–H groups in total. The first kappa shape index (κ1) is 10.4. The van der Waals surface area contributed by atoms with Crippen LogP contribution in [0.3, 0.4) is 0 Å². The van der Waals surface area contributed by atoms with Gasteiger partial charge in [0.2, 0.25) is 0 Å². The molecule has 2 nitrogen and oxygen atoms in total. The normalized spacial score (nSPS) is 35.8. The summed E-state index contributed by atoms with van der Waals surface area (Å²) in [6, 6.07) is 0. The molecule has 0 aromatic heterocycles. The van der Waals surface area contributed by atoms with Crippen LogP contribution in [0.5, 0.6) is 0 Å². The average Bonchev–Trinajstić information content (AvgIpc) is 2.23. The van der Waals surface area contributed by atoms with E-state index < -0.39 is 0 Å². The number of piperidine rings is 1. The predicted octanol–water partition coefficient (Wildman–Crippen LogP) is 2.33. The molecule has 14 heavy (non-hydrogen) atoms. The molecule has 2 fully saturated rings. The maximum absolute atomic E-state index is 6.20. The average molecular weight is 197 g/mol. The van der Waals surface area contributed by atoms with Gasteiger partial charge in [0.05, 0.1) is 12.2 Å². The minimum absolute atomic E-state index is 0.543. The summed E-state index contributed by atoms with van der Waals surface area (Å²) in [5, 5.41) is 3.38. The van der Waals surface area contributed by atoms with Crippen LogP contribution in [0.25, 0.3) is 0 Å². The van der Waals surface area contributed by atoms with Crippen LogP contribution in [0.1, 0.15) is 45.4 Å². The molecule has 2 unspecified atom stereocenters. The lowest BCUT2D eigenvalue weighted by molar-refractivity contribution is -0.0656. The summed E-state index contributed by atoms with van der Waals surface area (Å²) in [5.41, 5.74) is 0. The van der Waals surface area contributed by atoms with E-state index in [-0.39, 0.29) is 0 Å². The monoisotopic (exact) mass is 197 g/mol. The predicted molar refractivity (Wildman–Crippen MR) is 58.4 cm³/mol. The van der Waals surface area contributed by atoms with Crippen molar-refractivity contribution in [2.24, 2.45) is 5.92 Å². The number of ether oxygens (including phenoxy) is 1. The molecule has 0 aromatic carbocycles. The first-order valence-electron chi connectivity index (χ1n) is 6.22. The summed E-state index contributed by atoms with van der Waals surface area (Å²) in [7, 11) is 0. The van der Waals surface area contributed by atoms with Gasteiger partial charge < -0.3 is 10.1 Å². The van der Waals surface area contributed by atoms with Crippen molar-refractivity contribution < 1.29 is 4.74 Å². The van der Waals surface area contributed by atoms with Crippen molar-refractivity contribution in [3.63, 3.8) is 0 Å². The highest BCUT2D eigenvalue weighted by Crippen LogP contribution is 2.28. The van der Waals surface area contributed by atoms with Gasteiger partial charge in [-0.2, -0.15) is 0 Å². The third-order valence-electron chi connectivity index (χ3n) is 3.69. The second-order valence-corrected chi connectivity index (χ2v) is 4.89. The molecule has 2 atom stereocenters. The molecular weight excluding hydrogens is 174 g/mol. The Bertz CT molecular complexity index is 166. The summed E-state index contributed by atoms with van der Waals surface area (Å²) < 4.78 is 6.20. The fraction of sp³-hybridized carbons (Fsp3) is 1.00. The van der Waals surface area contributed by atoms with Gasteiger partial charge in [0.1, 0.15) is 0 Å². The van der Waals surface area contributed by atoms with Crippen molar-refractivity contribution in [1.29, 1.82) is 0 Å². The van der Waals surface area contributed by atoms with E-state index in [0.29, 0.717) is 12.2 Å². The SMILES string of the molecule is CC1CCCCC1OC1CCNCC1. The zero-order valence-electron chi connectivity index (χ0n) is 9.30. The van der Waals surface area contributed by atoms with Crippen molar-refractivity contribution in [3.05, 3.63) is 0 Å². The molecular formula is C12H23NO. The number of nitrogens with one attached hydrogen (secondary N) is 1. The van der Waals surface area contributed by atoms with E-state index >= 15 is 0 Å². The molecule has 2 rings (SSSR count). The van der Waals surface area contributed by atoms with Gasteiger partial charge in [-0.25, -0.2) is 0 Å². The van der Waals surface area contributed by atoms with Crippen LogP contribution in [-0.2, 0) is 4.74 Å². The Morgan fingerprint density at radius 3 is 2.43 bits per heavy atom. The second-order valence-electron chi connectivity index (χ2n) is 4.89. The van der Waals surface area contributed by atoms with Crippen molar-refractivity contribution in [1.82, 2.24) is 5.32 Å². The summed E-state index contributed by atoms with van der Waals surface area (Å²) >= 11 is 0. The van der Waals surface area contributed by atoms with E-state index in [4.69, 9.17) is 4.74 Å². The standard InChI is InChI=1S/C12H23NO/c1-10-4-2-3-5-12(10)14-11-6-8-13-9-7-11/h10-13H,2-9H2,1H3. The Kier molecular flexibility index (Phi) is 3.82. The maximum Gasteiger partial charge on any atom is 0.0604 e. The van der Waals surface area contributed by atoms with Crippen molar-refractivity contribution >= 4 is 0 Å². The highest BCUT2D eigenvalue weighted by molar-refractivity contribution is 4.76. The molecule has 0 bridgehead atoms. The Morgan fingerprint density at radius 1 is 1.00 bits per heavy atom. The van der Waals surface area contributed by atoms with E-state index in [2.05, 4.69) is 12.2 Å². The minimum atomic E-state index is 0.543. The first-order valence-corrected chi connectivity index (χ1v) is 6.22. The summed E-state index contributed by atoms with van der Waals surface area (Å²) in [5.74, 6) is 0.790. The fourth-order valence-electron chi connectivity index (χ4n) is 2.66. The molecule has 1 saturated carbocycles. The van der Waals surface area contributed by atoms with Crippen molar-refractivity contribution in [2.45, 2.75) is 57.7 Å². The second kappa shape index (κ2) is 5.13. The van der Waals surface area contributed by atoms with Crippen molar-refractivity contribution in [2.75, 3.05) is 13.1 Å². The molecule has 0 aromatic rings. The zero-order chi connectivity index (χ0) is 9.80. The number of hydrogen-bond donors (Lipinski definition) is 1. The van der Waals surface area contributed by atoms with Crippen molar-refractivity contribution in [3.8, 4) is 0 Å². The molecule has 0 radical (unpaired) electrons. The molecule has 0 amide bonds. The lowest BCUT2D eigenvalue weighted by Crippen LogP contribution is -2.37. The van der Waals surface area contributed by atoms with E-state index in [9.17, 15) is 0 Å². The number of hydrogen-bond acceptors (Lipinski definition) is 2. The Hall–Kier alpha value is -0.0800. The Morgan fingerprint density at radius 2 is 1.71 bits per heavy atom. The van der Waals surface area contributed by atoms with Gasteiger partial charge in [0.25, 0.3) is 0 Å². The highest BCUT2D eigenvalue weighted by atomic mass is 16.5. The van der Waals surface area contributed by atoms with Crippen LogP contribution >= 0.6 is 0 Å². The molecule has 1 heterocycles. The molecule has 2 aliphatic rings. The maximum atomic E-state index is 6.20. The molecule has 82 valence electrons. The van der Waals surface area contributed by atoms with Crippen LogP contribution in [0.4, 0.5) is 0 Å². The smallest absolute Gasteiger partial charge is 0.0604 e. The third kappa shape index (κ3) is 2.71. The van der Waals surface area contributed by atoms with E-state index in [0.717, 1.165) is 19.0 Å². The topological polar surface area (TPSA) is 21.3 Å². The Balaban J connectivity index is 1.76. The molecule has 0 spiro atoms. The van der Waals surface area contributed by atoms with Crippen LogP contribution in [0.15, 0.2) is 0 Å². The summed E-state index contributed by atoms with van der Waals surface area (Å²) in [6.07, 6.45) is 8.98. The number of rotatable bonds is 2. The van der Waals surface area contributed by atoms with E-state index in [1.807, 2.05) is 0 Å². The van der Waals surface area contributed by atoms with Crippen LogP contribution in [0.2, 0.25) is 0 Å². The highest BCUT2D eigenvalue weighted by Gasteiger charge is 2.25.